The van der Waals surface area contributed by atoms with Crippen molar-refractivity contribution in [3.63, 3.8) is 0 Å². The molecule has 0 radical (unpaired) electrons. The van der Waals surface area contributed by atoms with Gasteiger partial charge in [0.1, 0.15) is 0 Å². The van der Waals surface area contributed by atoms with E-state index < -0.39 is 41.9 Å². The first-order chi connectivity index (χ1) is 12.6. The average Bonchev–Trinajstić information content (AvgIpc) is 3.24. The molecular formula is C14H14N4O8S. The molecule has 0 aromatic carbocycles. The predicted molar refractivity (Wildman–Crippen MR) is 85.3 cm³/mol. The van der Waals surface area contributed by atoms with Crippen LogP contribution in [0, 0.1) is 11.8 Å². The van der Waals surface area contributed by atoms with Gasteiger partial charge in [-0.15, -0.1) is 5.10 Å². The minimum absolute atomic E-state index is 0.323. The topological polar surface area (TPSA) is 204 Å². The minimum Gasteiger partial charge on any atom is -0.366 e. The molecule has 12 nitrogen and oxygen atoms in total. The van der Waals surface area contributed by atoms with Gasteiger partial charge in [0.2, 0.25) is 17.9 Å². The molecule has 2 aromatic heterocycles. The lowest BCUT2D eigenvalue weighted by atomic mass is 10.0. The third-order valence-corrected chi connectivity index (χ3v) is 4.43. The number of ether oxygens (including phenoxy) is 1. The van der Waals surface area contributed by atoms with Gasteiger partial charge in [-0.3, -0.25) is 4.79 Å². The molecule has 3 heterocycles. The zero-order valence-electron chi connectivity index (χ0n) is 13.3. The largest absolute Gasteiger partial charge is 0.366 e. The van der Waals surface area contributed by atoms with Crippen LogP contribution in [0.1, 0.15) is 28.2 Å². The van der Waals surface area contributed by atoms with Crippen LogP contribution in [0.4, 0.5) is 0 Å². The number of aliphatic hydroxyl groups is 6. The van der Waals surface area contributed by atoms with Crippen molar-refractivity contribution in [3.05, 3.63) is 34.0 Å². The number of aliphatic hydroxyl groups excluding tert-OH is 1. The third kappa shape index (κ3) is 3.20. The standard InChI is InChI=1S/C14H14N4O8S/c15-9(19)10-16-7(2-1-6-3-4-27-5-6)18(17-10)12-14(24,25)13(22,23)8(26-12)11(20)21/h3-5,8,11-12,20-25H,(H2,15,19)/t8-,12-/m1/s1. The fraction of sp³-hybridized carbons (Fsp3) is 0.357. The zero-order valence-corrected chi connectivity index (χ0v) is 14.1. The number of aromatic nitrogens is 3. The Balaban J connectivity index is 2.09. The molecule has 1 saturated heterocycles. The Kier molecular flexibility index (Phi) is 4.76. The number of amides is 1. The molecule has 27 heavy (non-hydrogen) atoms. The highest BCUT2D eigenvalue weighted by Crippen LogP contribution is 2.43. The number of primary amides is 1. The smallest absolute Gasteiger partial charge is 0.288 e. The summed E-state index contributed by atoms with van der Waals surface area (Å²) >= 11 is 1.37. The molecule has 8 N–H and O–H groups in total. The lowest BCUT2D eigenvalue weighted by molar-refractivity contribution is -0.363. The molecule has 0 aliphatic carbocycles. The zero-order chi connectivity index (χ0) is 20.0. The molecular weight excluding hydrogens is 384 g/mol. The van der Waals surface area contributed by atoms with Crippen molar-refractivity contribution >= 4 is 17.2 Å². The molecule has 144 valence electrons. The lowest BCUT2D eigenvalue weighted by Crippen LogP contribution is -2.60. The summed E-state index contributed by atoms with van der Waals surface area (Å²) in [6.07, 6.45) is -6.83. The summed E-state index contributed by atoms with van der Waals surface area (Å²) in [5.41, 5.74) is 5.70. The van der Waals surface area contributed by atoms with E-state index in [4.69, 9.17) is 10.5 Å². The lowest BCUT2D eigenvalue weighted by Gasteiger charge is -2.31. The molecule has 2 atom stereocenters. The van der Waals surface area contributed by atoms with E-state index in [0.717, 1.165) is 0 Å². The van der Waals surface area contributed by atoms with Crippen molar-refractivity contribution in [1.29, 1.82) is 0 Å². The van der Waals surface area contributed by atoms with E-state index in [0.29, 0.717) is 10.2 Å². The molecule has 0 spiro atoms. The number of hydrogen-bond donors (Lipinski definition) is 7. The van der Waals surface area contributed by atoms with E-state index in [2.05, 4.69) is 21.9 Å². The number of hydrogen-bond acceptors (Lipinski definition) is 11. The highest BCUT2D eigenvalue weighted by molar-refractivity contribution is 7.08. The quantitative estimate of drug-likeness (QED) is 0.200. The molecule has 3 rings (SSSR count). The molecule has 0 saturated carbocycles. The highest BCUT2D eigenvalue weighted by atomic mass is 32.1. The van der Waals surface area contributed by atoms with Crippen LogP contribution in [-0.4, -0.2) is 75.3 Å². The number of nitrogens with two attached hydrogens (primary N) is 1. The van der Waals surface area contributed by atoms with Crippen molar-refractivity contribution in [2.75, 3.05) is 0 Å². The molecule has 0 unspecified atom stereocenters. The van der Waals surface area contributed by atoms with Crippen molar-refractivity contribution in [3.8, 4) is 11.8 Å². The summed E-state index contributed by atoms with van der Waals surface area (Å²) < 4.78 is 5.54. The van der Waals surface area contributed by atoms with E-state index in [1.165, 1.54) is 11.3 Å². The maximum atomic E-state index is 11.4. The average molecular weight is 398 g/mol. The maximum Gasteiger partial charge on any atom is 0.288 e. The summed E-state index contributed by atoms with van der Waals surface area (Å²) in [4.78, 5) is 15.1. The number of carbonyl (C=O) groups is 1. The van der Waals surface area contributed by atoms with Gasteiger partial charge in [0.25, 0.3) is 17.5 Å². The SMILES string of the molecule is NC(=O)c1nc(C#Cc2ccsc2)n([C@@H]2O[C@H](C(O)O)C(O)(O)C2(O)O)n1. The van der Waals surface area contributed by atoms with Gasteiger partial charge >= 0.3 is 0 Å². The maximum absolute atomic E-state index is 11.4. The summed E-state index contributed by atoms with van der Waals surface area (Å²) in [5.74, 6) is -3.71. The summed E-state index contributed by atoms with van der Waals surface area (Å²) in [6, 6.07) is 1.69. The molecule has 0 bridgehead atoms. The van der Waals surface area contributed by atoms with Crippen LogP contribution < -0.4 is 5.73 Å². The van der Waals surface area contributed by atoms with E-state index in [1.807, 2.05) is 0 Å². The highest BCUT2D eigenvalue weighted by Gasteiger charge is 2.69. The third-order valence-electron chi connectivity index (χ3n) is 3.74. The minimum atomic E-state index is -3.50. The Morgan fingerprint density at radius 1 is 1.30 bits per heavy atom. The van der Waals surface area contributed by atoms with E-state index in [1.54, 1.807) is 16.8 Å². The normalized spacial score (nSPS) is 23.2. The number of nitrogens with zero attached hydrogens (tertiary/aromatic N) is 3. The van der Waals surface area contributed by atoms with Crippen LogP contribution in [0.15, 0.2) is 16.8 Å². The van der Waals surface area contributed by atoms with E-state index in [9.17, 15) is 35.4 Å². The first kappa shape index (κ1) is 19.4. The van der Waals surface area contributed by atoms with Gasteiger partial charge in [-0.05, 0) is 17.4 Å². The van der Waals surface area contributed by atoms with Crippen LogP contribution in [0.2, 0.25) is 0 Å². The van der Waals surface area contributed by atoms with Crippen LogP contribution in [0.3, 0.4) is 0 Å². The van der Waals surface area contributed by atoms with Crippen LogP contribution in [-0.2, 0) is 4.74 Å². The predicted octanol–water partition coefficient (Wildman–Crippen LogP) is -3.59. The van der Waals surface area contributed by atoms with Crippen LogP contribution in [0.25, 0.3) is 0 Å². The van der Waals surface area contributed by atoms with Gasteiger partial charge in [0, 0.05) is 10.9 Å². The van der Waals surface area contributed by atoms with E-state index >= 15 is 0 Å². The molecule has 1 amide bonds. The Hall–Kier alpha value is -2.41. The molecule has 2 aromatic rings. The van der Waals surface area contributed by atoms with Gasteiger partial charge in [0.15, 0.2) is 12.4 Å². The summed E-state index contributed by atoms with van der Waals surface area (Å²) in [5, 5.41) is 65.6. The number of thiophene rings is 1. The van der Waals surface area contributed by atoms with Crippen LogP contribution in [0.5, 0.6) is 0 Å². The van der Waals surface area contributed by atoms with Gasteiger partial charge in [0.05, 0.1) is 0 Å². The summed E-state index contributed by atoms with van der Waals surface area (Å²) in [6.45, 7) is 0. The molecule has 1 aliphatic rings. The molecule has 13 heteroatoms. The second kappa shape index (κ2) is 6.64. The molecule has 1 aliphatic heterocycles. The fourth-order valence-corrected chi connectivity index (χ4v) is 2.95. The first-order valence-electron chi connectivity index (χ1n) is 7.27. The van der Waals surface area contributed by atoms with Gasteiger partial charge in [-0.2, -0.15) is 16.3 Å². The Labute approximate surface area is 154 Å². The number of carbonyl (C=O) groups excluding carboxylic acids is 1. The van der Waals surface area contributed by atoms with Crippen LogP contribution >= 0.6 is 11.3 Å². The van der Waals surface area contributed by atoms with E-state index in [-0.39, 0.29) is 5.82 Å². The Morgan fingerprint density at radius 3 is 2.52 bits per heavy atom. The van der Waals surface area contributed by atoms with Crippen molar-refractivity contribution < 1.29 is 40.2 Å². The second-order valence-electron chi connectivity index (χ2n) is 5.60. The van der Waals surface area contributed by atoms with Gasteiger partial charge < -0.3 is 41.1 Å². The van der Waals surface area contributed by atoms with Crippen molar-refractivity contribution in [1.82, 2.24) is 14.8 Å². The Morgan fingerprint density at radius 2 is 2.00 bits per heavy atom. The van der Waals surface area contributed by atoms with Crippen molar-refractivity contribution in [2.24, 2.45) is 5.73 Å². The fourth-order valence-electron chi connectivity index (χ4n) is 2.37. The monoisotopic (exact) mass is 398 g/mol. The second-order valence-corrected chi connectivity index (χ2v) is 6.38. The number of rotatable bonds is 3. The molecule has 1 fully saturated rings. The van der Waals surface area contributed by atoms with Gasteiger partial charge in [-0.25, -0.2) is 4.68 Å². The van der Waals surface area contributed by atoms with Crippen molar-refractivity contribution in [2.45, 2.75) is 30.2 Å². The summed E-state index contributed by atoms with van der Waals surface area (Å²) in [7, 11) is 0. The Bertz CT molecular complexity index is 911. The first-order valence-corrected chi connectivity index (χ1v) is 8.21. The van der Waals surface area contributed by atoms with Gasteiger partial charge in [-0.1, -0.05) is 5.92 Å².